The van der Waals surface area contributed by atoms with Crippen LogP contribution in [-0.2, 0) is 14.4 Å². The van der Waals surface area contributed by atoms with Gasteiger partial charge in [-0.3, -0.25) is 5.26 Å². The highest BCUT2D eigenvalue weighted by Crippen LogP contribution is 2.54. The van der Waals surface area contributed by atoms with E-state index in [-0.39, 0.29) is 17.9 Å². The highest BCUT2D eigenvalue weighted by atomic mass is 17.1. The molecule has 0 radical (unpaired) electrons. The van der Waals surface area contributed by atoms with Gasteiger partial charge in [-0.15, -0.1) is 0 Å². The second kappa shape index (κ2) is 4.97. The quantitative estimate of drug-likeness (QED) is 0.565. The highest BCUT2D eigenvalue weighted by molar-refractivity contribution is 5.05. The van der Waals surface area contributed by atoms with E-state index in [2.05, 4.69) is 6.92 Å². The summed E-state index contributed by atoms with van der Waals surface area (Å²) in [5.74, 6) is 0.787. The van der Waals surface area contributed by atoms with Crippen LogP contribution >= 0.6 is 0 Å². The molecule has 3 unspecified atom stereocenters. The first-order valence-corrected chi connectivity index (χ1v) is 7.39. The van der Waals surface area contributed by atoms with Crippen molar-refractivity contribution in [3.8, 4) is 0 Å². The fourth-order valence-corrected chi connectivity index (χ4v) is 4.38. The fraction of sp³-hybridized carbons (Fsp3) is 1.00. The minimum atomic E-state index is -0.822. The Kier molecular flexibility index (Phi) is 3.60. The molecule has 0 aromatic heterocycles. The van der Waals surface area contributed by atoms with Crippen molar-refractivity contribution in [2.75, 3.05) is 0 Å². The molecular formula is C14H24O5. The molecule has 0 aromatic rings. The van der Waals surface area contributed by atoms with Gasteiger partial charge in [0.2, 0.25) is 0 Å². The van der Waals surface area contributed by atoms with Gasteiger partial charge in [-0.05, 0) is 44.4 Å². The van der Waals surface area contributed by atoms with E-state index in [9.17, 15) is 10.4 Å². The Labute approximate surface area is 113 Å². The van der Waals surface area contributed by atoms with Gasteiger partial charge in [0.1, 0.15) is 0 Å². The van der Waals surface area contributed by atoms with Crippen molar-refractivity contribution in [2.24, 2.45) is 17.8 Å². The third-order valence-electron chi connectivity index (χ3n) is 5.41. The van der Waals surface area contributed by atoms with Crippen LogP contribution in [0.15, 0.2) is 0 Å². The Hall–Kier alpha value is -0.200. The number of hydrogen-bond donors (Lipinski definition) is 2. The van der Waals surface area contributed by atoms with Crippen LogP contribution in [0.2, 0.25) is 0 Å². The summed E-state index contributed by atoms with van der Waals surface area (Å²) in [5, 5.41) is 19.5. The third-order valence-corrected chi connectivity index (χ3v) is 5.41. The van der Waals surface area contributed by atoms with Gasteiger partial charge in [-0.1, -0.05) is 6.92 Å². The van der Waals surface area contributed by atoms with Crippen molar-refractivity contribution in [2.45, 2.75) is 70.2 Å². The van der Waals surface area contributed by atoms with E-state index in [1.165, 1.54) is 0 Å². The van der Waals surface area contributed by atoms with Gasteiger partial charge in [0, 0.05) is 12.3 Å². The lowest BCUT2D eigenvalue weighted by molar-refractivity contribution is -0.448. The van der Waals surface area contributed by atoms with Gasteiger partial charge < -0.3 is 14.6 Å². The molecule has 0 bridgehead atoms. The van der Waals surface area contributed by atoms with Gasteiger partial charge in [0.05, 0.1) is 6.10 Å². The summed E-state index contributed by atoms with van der Waals surface area (Å²) in [6.45, 7) is 4.21. The summed E-state index contributed by atoms with van der Waals surface area (Å²) < 4.78 is 11.5. The summed E-state index contributed by atoms with van der Waals surface area (Å²) in [7, 11) is 0. The predicted octanol–water partition coefficient (Wildman–Crippen LogP) is 2.14. The van der Waals surface area contributed by atoms with Crippen molar-refractivity contribution < 1.29 is 24.7 Å². The van der Waals surface area contributed by atoms with Gasteiger partial charge in [-0.2, -0.15) is 0 Å². The van der Waals surface area contributed by atoms with E-state index in [4.69, 9.17) is 14.4 Å². The van der Waals surface area contributed by atoms with Crippen LogP contribution in [0.1, 0.15) is 46.0 Å². The number of rotatable bonds is 1. The number of aliphatic hydroxyl groups is 1. The van der Waals surface area contributed by atoms with Crippen LogP contribution in [0.3, 0.4) is 0 Å². The molecule has 19 heavy (non-hydrogen) atoms. The largest absolute Gasteiger partial charge is 0.368 e. The highest BCUT2D eigenvalue weighted by Gasteiger charge is 2.62. The monoisotopic (exact) mass is 272 g/mol. The van der Waals surface area contributed by atoms with Gasteiger partial charge in [0.15, 0.2) is 18.2 Å². The Bertz CT molecular complexity index is 336. The first kappa shape index (κ1) is 13.8. The Morgan fingerprint density at radius 3 is 2.63 bits per heavy atom. The maximum atomic E-state index is 9.87. The molecule has 1 aliphatic carbocycles. The summed E-state index contributed by atoms with van der Waals surface area (Å²) in [6.07, 6.45) is 3.02. The lowest BCUT2D eigenvalue weighted by Gasteiger charge is -2.54. The van der Waals surface area contributed by atoms with Crippen molar-refractivity contribution in [3.63, 3.8) is 0 Å². The molecule has 3 fully saturated rings. The molecule has 0 spiro atoms. The molecule has 2 N–H and O–H groups in total. The van der Waals surface area contributed by atoms with E-state index >= 15 is 0 Å². The average Bonchev–Trinajstić information content (AvgIpc) is 2.51. The predicted molar refractivity (Wildman–Crippen MR) is 67.1 cm³/mol. The average molecular weight is 272 g/mol. The first-order chi connectivity index (χ1) is 9.07. The summed E-state index contributed by atoms with van der Waals surface area (Å²) in [4.78, 5) is 5.04. The van der Waals surface area contributed by atoms with Crippen LogP contribution < -0.4 is 0 Å². The van der Waals surface area contributed by atoms with Crippen molar-refractivity contribution >= 4 is 0 Å². The molecule has 110 valence electrons. The summed E-state index contributed by atoms with van der Waals surface area (Å²) >= 11 is 0. The number of ether oxygens (including phenoxy) is 2. The minimum absolute atomic E-state index is 0.0563. The third kappa shape index (κ3) is 2.03. The zero-order valence-corrected chi connectivity index (χ0v) is 11.6. The summed E-state index contributed by atoms with van der Waals surface area (Å²) in [6, 6.07) is 0. The lowest BCUT2D eigenvalue weighted by Crippen LogP contribution is -2.64. The number of aliphatic hydroxyl groups excluding tert-OH is 1. The maximum Gasteiger partial charge on any atom is 0.193 e. The van der Waals surface area contributed by atoms with Crippen LogP contribution in [0, 0.1) is 17.8 Å². The number of hydrogen-bond acceptors (Lipinski definition) is 5. The fourth-order valence-electron chi connectivity index (χ4n) is 4.38. The van der Waals surface area contributed by atoms with Crippen LogP contribution in [0.5, 0.6) is 0 Å². The molecular weight excluding hydrogens is 248 g/mol. The zero-order valence-electron chi connectivity index (χ0n) is 11.6. The second-order valence-corrected chi connectivity index (χ2v) is 6.49. The molecule has 5 heteroatoms. The molecule has 3 aliphatic rings. The lowest BCUT2D eigenvalue weighted by atomic mass is 9.60. The van der Waals surface area contributed by atoms with Crippen LogP contribution in [0.25, 0.3) is 0 Å². The van der Waals surface area contributed by atoms with E-state index in [1.807, 2.05) is 6.92 Å². The second-order valence-electron chi connectivity index (χ2n) is 6.49. The Morgan fingerprint density at radius 2 is 1.89 bits per heavy atom. The van der Waals surface area contributed by atoms with Gasteiger partial charge in [-0.25, -0.2) is 4.89 Å². The van der Waals surface area contributed by atoms with E-state index in [1.54, 1.807) is 0 Å². The molecule has 0 aromatic carbocycles. The Morgan fingerprint density at radius 1 is 1.11 bits per heavy atom. The van der Waals surface area contributed by atoms with Crippen LogP contribution in [-0.4, -0.2) is 34.6 Å². The maximum absolute atomic E-state index is 9.87. The molecule has 2 saturated heterocycles. The van der Waals surface area contributed by atoms with Gasteiger partial charge >= 0.3 is 0 Å². The summed E-state index contributed by atoms with van der Waals surface area (Å²) in [5.41, 5.74) is -0.804. The topological polar surface area (TPSA) is 68.2 Å². The van der Waals surface area contributed by atoms with Crippen molar-refractivity contribution in [3.05, 3.63) is 0 Å². The molecule has 0 amide bonds. The van der Waals surface area contributed by atoms with Crippen molar-refractivity contribution in [1.82, 2.24) is 0 Å². The minimum Gasteiger partial charge on any atom is -0.368 e. The normalized spacial score (nSPS) is 54.3. The van der Waals surface area contributed by atoms with Gasteiger partial charge in [0.25, 0.3) is 0 Å². The van der Waals surface area contributed by atoms with Crippen LogP contribution in [0.4, 0.5) is 0 Å². The van der Waals surface area contributed by atoms with E-state index in [0.29, 0.717) is 12.3 Å². The molecule has 2 heterocycles. The molecule has 3 rings (SSSR count). The standard InChI is InChI=1S/C14H24O5/c1-8-3-5-10-7-12(15)18-13-14(10,19-16)11(8)6-4-9(2)17-13/h8-13,15-16H,3-7H2,1-2H3/t8-,9?,10+,11+,12?,13?,14+/m1/s1. The molecule has 1 saturated carbocycles. The van der Waals surface area contributed by atoms with E-state index < -0.39 is 18.2 Å². The van der Waals surface area contributed by atoms with Crippen molar-refractivity contribution in [1.29, 1.82) is 0 Å². The van der Waals surface area contributed by atoms with E-state index in [0.717, 1.165) is 25.7 Å². The smallest absolute Gasteiger partial charge is 0.193 e. The zero-order chi connectivity index (χ0) is 13.6. The SMILES string of the molecule is CC1CC[C@H]2[C@H](C)CC[C@H]3CC(O)OC(O1)[C@]32OO. The molecule has 2 aliphatic heterocycles. The molecule has 5 nitrogen and oxygen atoms in total. The molecule has 7 atom stereocenters. The first-order valence-electron chi connectivity index (χ1n) is 7.39. The Balaban J connectivity index is 2.01.